The third-order valence-corrected chi connectivity index (χ3v) is 3.24. The first-order chi connectivity index (χ1) is 11.8. The van der Waals surface area contributed by atoms with Gasteiger partial charge in [0.1, 0.15) is 0 Å². The molecule has 9 heteroatoms. The number of rotatable bonds is 8. The van der Waals surface area contributed by atoms with Crippen LogP contribution in [0.3, 0.4) is 0 Å². The van der Waals surface area contributed by atoms with E-state index >= 15 is 0 Å². The highest BCUT2D eigenvalue weighted by atomic mass is 16.6. The highest BCUT2D eigenvalue weighted by Gasteiger charge is 2.41. The maximum Gasteiger partial charge on any atom is 0.322 e. The lowest BCUT2D eigenvalue weighted by Gasteiger charge is -2.25. The number of nitrogens with zero attached hydrogens (tertiary/aromatic N) is 1. The van der Waals surface area contributed by atoms with E-state index in [1.165, 1.54) is 31.2 Å². The van der Waals surface area contributed by atoms with Gasteiger partial charge in [-0.15, -0.1) is 0 Å². The normalized spacial score (nSPS) is 11.5. The number of nitro groups is 1. The van der Waals surface area contributed by atoms with Crippen molar-refractivity contribution in [3.05, 3.63) is 39.9 Å². The maximum atomic E-state index is 12.3. The van der Waals surface area contributed by atoms with Crippen LogP contribution in [0.2, 0.25) is 0 Å². The fourth-order valence-corrected chi connectivity index (χ4v) is 2.31. The average Bonchev–Trinajstić information content (AvgIpc) is 2.54. The fraction of sp³-hybridized carbons (Fsp3) is 0.438. The molecular weight excluding hydrogens is 332 g/mol. The number of benzene rings is 1. The number of amides is 1. The Morgan fingerprint density at radius 1 is 1.12 bits per heavy atom. The van der Waals surface area contributed by atoms with Crippen LogP contribution < -0.4 is 5.32 Å². The van der Waals surface area contributed by atoms with Crippen LogP contribution in [-0.4, -0.2) is 36.0 Å². The van der Waals surface area contributed by atoms with Crippen molar-refractivity contribution in [3.8, 4) is 0 Å². The van der Waals surface area contributed by atoms with E-state index in [9.17, 15) is 24.5 Å². The molecule has 0 aliphatic heterocycles. The summed E-state index contributed by atoms with van der Waals surface area (Å²) in [5.74, 6) is -4.00. The van der Waals surface area contributed by atoms with Gasteiger partial charge in [0.25, 0.3) is 5.69 Å². The molecule has 0 fully saturated rings. The minimum absolute atomic E-state index is 0.00157. The van der Waals surface area contributed by atoms with Crippen LogP contribution in [0.5, 0.6) is 0 Å². The van der Waals surface area contributed by atoms with E-state index in [2.05, 4.69) is 5.32 Å². The van der Waals surface area contributed by atoms with Gasteiger partial charge in [-0.3, -0.25) is 24.5 Å². The number of carbonyl (C=O) groups excluding carboxylic acids is 3. The minimum atomic E-state index is -1.56. The Hall–Kier alpha value is -2.97. The molecule has 1 aromatic rings. The van der Waals surface area contributed by atoms with Gasteiger partial charge in [0.2, 0.25) is 5.91 Å². The Bertz CT molecular complexity index is 642. The van der Waals surface area contributed by atoms with Crippen LogP contribution in [0.1, 0.15) is 32.4 Å². The molecule has 0 aliphatic rings. The Balaban J connectivity index is 3.47. The molecule has 0 saturated heterocycles. The zero-order valence-corrected chi connectivity index (χ0v) is 14.2. The largest absolute Gasteiger partial charge is 0.465 e. The molecular formula is C16H20N2O7. The highest BCUT2D eigenvalue weighted by molar-refractivity contribution is 5.96. The van der Waals surface area contributed by atoms with Crippen molar-refractivity contribution in [1.29, 1.82) is 0 Å². The van der Waals surface area contributed by atoms with Gasteiger partial charge >= 0.3 is 11.9 Å². The van der Waals surface area contributed by atoms with Gasteiger partial charge in [-0.2, -0.15) is 0 Å². The van der Waals surface area contributed by atoms with Crippen molar-refractivity contribution >= 4 is 23.5 Å². The standard InChI is InChI=1S/C16H20N2O7/c1-4-24-15(20)13(16(21)25-5-2)14(17-10(3)19)11-8-6-7-9-12(11)18(22)23/h6-9,13-14H,4-5H2,1-3H3,(H,17,19). The van der Waals surface area contributed by atoms with E-state index in [0.29, 0.717) is 0 Å². The Kier molecular flexibility index (Phi) is 7.51. The molecule has 1 aromatic carbocycles. The van der Waals surface area contributed by atoms with Crippen molar-refractivity contribution in [2.75, 3.05) is 13.2 Å². The predicted molar refractivity (Wildman–Crippen MR) is 86.4 cm³/mol. The van der Waals surface area contributed by atoms with Crippen LogP contribution in [0.25, 0.3) is 0 Å². The van der Waals surface area contributed by atoms with E-state index in [-0.39, 0.29) is 24.5 Å². The molecule has 0 spiro atoms. The van der Waals surface area contributed by atoms with Crippen LogP contribution in [0.15, 0.2) is 24.3 Å². The molecule has 0 radical (unpaired) electrons. The molecule has 1 N–H and O–H groups in total. The minimum Gasteiger partial charge on any atom is -0.465 e. The first-order valence-electron chi connectivity index (χ1n) is 7.67. The predicted octanol–water partition coefficient (Wildman–Crippen LogP) is 1.51. The molecule has 1 atom stereocenters. The molecule has 0 aromatic heterocycles. The number of nitrogens with one attached hydrogen (secondary N) is 1. The van der Waals surface area contributed by atoms with Crippen LogP contribution in [0.4, 0.5) is 5.69 Å². The van der Waals surface area contributed by atoms with Gasteiger partial charge in [-0.05, 0) is 13.8 Å². The van der Waals surface area contributed by atoms with Crippen molar-refractivity contribution in [1.82, 2.24) is 5.32 Å². The summed E-state index contributed by atoms with van der Waals surface area (Å²) in [6.07, 6.45) is 0. The smallest absolute Gasteiger partial charge is 0.322 e. The van der Waals surface area contributed by atoms with E-state index in [4.69, 9.17) is 9.47 Å². The second kappa shape index (κ2) is 9.36. The molecule has 9 nitrogen and oxygen atoms in total. The van der Waals surface area contributed by atoms with Crippen LogP contribution in [0, 0.1) is 16.0 Å². The topological polar surface area (TPSA) is 125 Å². The molecule has 1 unspecified atom stereocenters. The lowest BCUT2D eigenvalue weighted by Crippen LogP contribution is -2.41. The molecule has 136 valence electrons. The lowest BCUT2D eigenvalue weighted by atomic mass is 9.91. The van der Waals surface area contributed by atoms with Gasteiger partial charge in [0, 0.05) is 13.0 Å². The van der Waals surface area contributed by atoms with Crippen molar-refractivity contribution in [2.24, 2.45) is 5.92 Å². The van der Waals surface area contributed by atoms with Crippen LogP contribution in [-0.2, 0) is 23.9 Å². The highest BCUT2D eigenvalue weighted by Crippen LogP contribution is 2.31. The Morgan fingerprint density at radius 3 is 2.08 bits per heavy atom. The van der Waals surface area contributed by atoms with Crippen molar-refractivity contribution < 1.29 is 28.8 Å². The number of carbonyl (C=O) groups is 3. The van der Waals surface area contributed by atoms with E-state index in [1.807, 2.05) is 0 Å². The van der Waals surface area contributed by atoms with E-state index < -0.39 is 34.7 Å². The number of para-hydroxylation sites is 1. The first kappa shape index (κ1) is 20.1. The second-order valence-electron chi connectivity index (χ2n) is 4.98. The summed E-state index contributed by atoms with van der Waals surface area (Å²) in [5.41, 5.74) is -0.325. The fourth-order valence-electron chi connectivity index (χ4n) is 2.31. The van der Waals surface area contributed by atoms with Gasteiger partial charge in [-0.25, -0.2) is 0 Å². The SMILES string of the molecule is CCOC(=O)C(C(=O)OCC)C(NC(C)=O)c1ccccc1[N+](=O)[O-]. The van der Waals surface area contributed by atoms with Gasteiger partial charge in [0.05, 0.1) is 29.7 Å². The van der Waals surface area contributed by atoms with Crippen molar-refractivity contribution in [3.63, 3.8) is 0 Å². The number of esters is 2. The lowest BCUT2D eigenvalue weighted by molar-refractivity contribution is -0.385. The number of nitro benzene ring substituents is 1. The molecule has 0 heterocycles. The average molecular weight is 352 g/mol. The van der Waals surface area contributed by atoms with Gasteiger partial charge < -0.3 is 14.8 Å². The third-order valence-electron chi connectivity index (χ3n) is 3.24. The zero-order valence-electron chi connectivity index (χ0n) is 14.2. The maximum absolute atomic E-state index is 12.3. The second-order valence-corrected chi connectivity index (χ2v) is 4.98. The molecule has 25 heavy (non-hydrogen) atoms. The molecule has 0 bridgehead atoms. The van der Waals surface area contributed by atoms with Gasteiger partial charge in [-0.1, -0.05) is 18.2 Å². The summed E-state index contributed by atoms with van der Waals surface area (Å²) < 4.78 is 9.79. The summed E-state index contributed by atoms with van der Waals surface area (Å²) in [6, 6.07) is 4.24. The Labute approximate surface area is 144 Å². The molecule has 1 amide bonds. The molecule has 0 saturated carbocycles. The third kappa shape index (κ3) is 5.27. The molecule has 0 aliphatic carbocycles. The Morgan fingerprint density at radius 2 is 1.64 bits per heavy atom. The summed E-state index contributed by atoms with van der Waals surface area (Å²) in [4.78, 5) is 46.8. The monoisotopic (exact) mass is 352 g/mol. The van der Waals surface area contributed by atoms with E-state index in [1.54, 1.807) is 13.8 Å². The van der Waals surface area contributed by atoms with E-state index in [0.717, 1.165) is 0 Å². The number of hydrogen-bond acceptors (Lipinski definition) is 7. The number of ether oxygens (including phenoxy) is 2. The van der Waals surface area contributed by atoms with Crippen LogP contribution >= 0.6 is 0 Å². The quantitative estimate of drug-likeness (QED) is 0.325. The zero-order chi connectivity index (χ0) is 19.0. The first-order valence-corrected chi connectivity index (χ1v) is 7.67. The van der Waals surface area contributed by atoms with Gasteiger partial charge in [0.15, 0.2) is 5.92 Å². The summed E-state index contributed by atoms with van der Waals surface area (Å²) >= 11 is 0. The summed E-state index contributed by atoms with van der Waals surface area (Å²) in [7, 11) is 0. The summed E-state index contributed by atoms with van der Waals surface area (Å²) in [5, 5.41) is 13.7. The van der Waals surface area contributed by atoms with Crippen molar-refractivity contribution in [2.45, 2.75) is 26.8 Å². The molecule has 1 rings (SSSR count). The summed E-state index contributed by atoms with van der Waals surface area (Å²) in [6.45, 7) is 4.28. The number of hydrogen-bond donors (Lipinski definition) is 1.